The highest BCUT2D eigenvalue weighted by molar-refractivity contribution is 5.78. The first-order chi connectivity index (χ1) is 11.6. The van der Waals surface area contributed by atoms with E-state index in [1.54, 1.807) is 6.26 Å². The summed E-state index contributed by atoms with van der Waals surface area (Å²) in [6, 6.07) is 11.7. The zero-order valence-corrected chi connectivity index (χ0v) is 12.8. The van der Waals surface area contributed by atoms with E-state index in [0.29, 0.717) is 13.0 Å². The lowest BCUT2D eigenvalue weighted by atomic mass is 10.1. The maximum absolute atomic E-state index is 11.8. The number of hydrogen-bond acceptors (Lipinski definition) is 4. The largest absolute Gasteiger partial charge is 0.493 e. The number of H-pyrrole nitrogens is 2. The number of carbonyl (C=O) groups is 1. The van der Waals surface area contributed by atoms with Crippen LogP contribution >= 0.6 is 0 Å². The molecule has 0 radical (unpaired) electrons. The van der Waals surface area contributed by atoms with Gasteiger partial charge in [-0.25, -0.2) is 4.79 Å². The van der Waals surface area contributed by atoms with Gasteiger partial charge in [0.15, 0.2) is 0 Å². The summed E-state index contributed by atoms with van der Waals surface area (Å²) in [7, 11) is 0. The van der Waals surface area contributed by atoms with Crippen molar-refractivity contribution in [3.63, 3.8) is 0 Å². The lowest BCUT2D eigenvalue weighted by Crippen LogP contribution is -2.27. The number of aromatic amines is 2. The Kier molecular flexibility index (Phi) is 4.51. The average Bonchev–Trinajstić information content (AvgIpc) is 3.18. The van der Waals surface area contributed by atoms with Gasteiger partial charge in [0.2, 0.25) is 11.8 Å². The SMILES string of the molecule is O=C(Cc1[nH]c(=O)[nH]c1O)NCCc1ccc(-c2ccco2)cc1. The lowest BCUT2D eigenvalue weighted by Gasteiger charge is -2.05. The van der Waals surface area contributed by atoms with E-state index < -0.39 is 5.69 Å². The van der Waals surface area contributed by atoms with Gasteiger partial charge in [-0.15, -0.1) is 0 Å². The summed E-state index contributed by atoms with van der Waals surface area (Å²) in [5.41, 5.74) is 1.73. The molecule has 3 aromatic rings. The minimum atomic E-state index is -0.535. The molecule has 0 aliphatic rings. The summed E-state index contributed by atoms with van der Waals surface area (Å²) < 4.78 is 5.33. The van der Waals surface area contributed by atoms with E-state index in [-0.39, 0.29) is 23.9 Å². The van der Waals surface area contributed by atoms with Crippen LogP contribution in [-0.4, -0.2) is 27.5 Å². The van der Waals surface area contributed by atoms with Crippen molar-refractivity contribution in [3.8, 4) is 17.2 Å². The standard InChI is InChI=1S/C17H17N3O4/c21-15(10-13-16(22)20-17(23)19-13)18-8-7-11-3-5-12(6-4-11)14-2-1-9-24-14/h1-6,9,22H,7-8,10H2,(H,18,21)(H2,19,20,23). The van der Waals surface area contributed by atoms with Gasteiger partial charge in [-0.1, -0.05) is 24.3 Å². The van der Waals surface area contributed by atoms with E-state index in [2.05, 4.69) is 15.3 Å². The van der Waals surface area contributed by atoms with Gasteiger partial charge < -0.3 is 19.8 Å². The van der Waals surface area contributed by atoms with Crippen molar-refractivity contribution >= 4 is 5.91 Å². The number of aromatic hydroxyl groups is 1. The molecule has 2 heterocycles. The highest BCUT2D eigenvalue weighted by Gasteiger charge is 2.10. The summed E-state index contributed by atoms with van der Waals surface area (Å²) in [6.45, 7) is 0.467. The lowest BCUT2D eigenvalue weighted by molar-refractivity contribution is -0.120. The van der Waals surface area contributed by atoms with E-state index in [1.165, 1.54) is 0 Å². The van der Waals surface area contributed by atoms with Gasteiger partial charge in [0.1, 0.15) is 5.76 Å². The van der Waals surface area contributed by atoms with Crippen molar-refractivity contribution in [2.24, 2.45) is 0 Å². The molecule has 0 unspecified atom stereocenters. The Morgan fingerprint density at radius 3 is 2.58 bits per heavy atom. The van der Waals surface area contributed by atoms with Crippen LogP contribution in [0.5, 0.6) is 5.88 Å². The quantitative estimate of drug-likeness (QED) is 0.550. The molecular formula is C17H17N3O4. The zero-order valence-electron chi connectivity index (χ0n) is 12.8. The van der Waals surface area contributed by atoms with Crippen LogP contribution in [-0.2, 0) is 17.6 Å². The Balaban J connectivity index is 1.48. The molecule has 1 aromatic carbocycles. The number of benzene rings is 1. The molecule has 0 aliphatic heterocycles. The van der Waals surface area contributed by atoms with E-state index in [0.717, 1.165) is 16.9 Å². The molecule has 1 amide bonds. The summed E-state index contributed by atoms with van der Waals surface area (Å²) in [5, 5.41) is 12.2. The number of amides is 1. The number of hydrogen-bond donors (Lipinski definition) is 4. The minimum absolute atomic E-state index is 0.0813. The Morgan fingerprint density at radius 1 is 1.17 bits per heavy atom. The molecule has 0 bridgehead atoms. The fraction of sp³-hybridized carbons (Fsp3) is 0.176. The second kappa shape index (κ2) is 6.91. The van der Waals surface area contributed by atoms with Gasteiger partial charge in [0, 0.05) is 12.1 Å². The molecule has 2 aromatic heterocycles. The van der Waals surface area contributed by atoms with Crippen LogP contribution in [0.25, 0.3) is 11.3 Å². The molecule has 0 fully saturated rings. The number of nitrogens with one attached hydrogen (secondary N) is 3. The third-order valence-corrected chi connectivity index (χ3v) is 3.62. The topological polar surface area (TPSA) is 111 Å². The van der Waals surface area contributed by atoms with Gasteiger partial charge in [0.25, 0.3) is 0 Å². The Labute approximate surface area is 137 Å². The predicted octanol–water partition coefficient (Wildman–Crippen LogP) is 1.57. The fourth-order valence-corrected chi connectivity index (χ4v) is 2.39. The van der Waals surface area contributed by atoms with Crippen molar-refractivity contribution in [2.75, 3.05) is 6.54 Å². The summed E-state index contributed by atoms with van der Waals surface area (Å²) in [5.74, 6) is 0.242. The molecule has 0 saturated carbocycles. The molecular weight excluding hydrogens is 310 g/mol. The molecule has 3 rings (SSSR count). The maximum Gasteiger partial charge on any atom is 0.325 e. The van der Waals surface area contributed by atoms with Crippen molar-refractivity contribution < 1.29 is 14.3 Å². The number of imidazole rings is 1. The number of rotatable bonds is 6. The molecule has 124 valence electrons. The van der Waals surface area contributed by atoms with Crippen LogP contribution in [0.1, 0.15) is 11.3 Å². The van der Waals surface area contributed by atoms with Crippen LogP contribution < -0.4 is 11.0 Å². The third kappa shape index (κ3) is 3.75. The minimum Gasteiger partial charge on any atom is -0.493 e. The third-order valence-electron chi connectivity index (χ3n) is 3.62. The average molecular weight is 327 g/mol. The fourth-order valence-electron chi connectivity index (χ4n) is 2.39. The van der Waals surface area contributed by atoms with Crippen LogP contribution in [0.15, 0.2) is 51.9 Å². The Bertz CT molecular complexity index is 860. The van der Waals surface area contributed by atoms with Crippen molar-refractivity contribution in [2.45, 2.75) is 12.8 Å². The van der Waals surface area contributed by atoms with E-state index >= 15 is 0 Å². The number of aromatic nitrogens is 2. The summed E-state index contributed by atoms with van der Waals surface area (Å²) in [4.78, 5) is 27.3. The van der Waals surface area contributed by atoms with Crippen molar-refractivity contribution in [3.05, 3.63) is 64.4 Å². The van der Waals surface area contributed by atoms with Crippen LogP contribution in [0.3, 0.4) is 0 Å². The van der Waals surface area contributed by atoms with Gasteiger partial charge in [-0.3, -0.25) is 9.78 Å². The van der Waals surface area contributed by atoms with Gasteiger partial charge >= 0.3 is 5.69 Å². The maximum atomic E-state index is 11.8. The monoisotopic (exact) mass is 327 g/mol. The highest BCUT2D eigenvalue weighted by atomic mass is 16.3. The summed E-state index contributed by atoms with van der Waals surface area (Å²) >= 11 is 0. The van der Waals surface area contributed by atoms with Crippen LogP contribution in [0, 0.1) is 0 Å². The molecule has 0 aliphatic carbocycles. The highest BCUT2D eigenvalue weighted by Crippen LogP contribution is 2.20. The molecule has 7 nitrogen and oxygen atoms in total. The van der Waals surface area contributed by atoms with Gasteiger partial charge in [-0.2, -0.15) is 0 Å². The zero-order chi connectivity index (χ0) is 16.9. The molecule has 24 heavy (non-hydrogen) atoms. The normalized spacial score (nSPS) is 10.7. The molecule has 7 heteroatoms. The second-order valence-corrected chi connectivity index (χ2v) is 5.36. The van der Waals surface area contributed by atoms with E-state index in [4.69, 9.17) is 4.42 Å². The van der Waals surface area contributed by atoms with E-state index in [1.807, 2.05) is 36.4 Å². The first-order valence-corrected chi connectivity index (χ1v) is 7.51. The predicted molar refractivity (Wildman–Crippen MR) is 87.6 cm³/mol. The van der Waals surface area contributed by atoms with Crippen molar-refractivity contribution in [1.29, 1.82) is 0 Å². The smallest absolute Gasteiger partial charge is 0.325 e. The molecule has 0 saturated heterocycles. The molecule has 0 atom stereocenters. The number of furan rings is 1. The van der Waals surface area contributed by atoms with Crippen molar-refractivity contribution in [1.82, 2.24) is 15.3 Å². The first kappa shape index (κ1) is 15.7. The Morgan fingerprint density at radius 2 is 1.96 bits per heavy atom. The second-order valence-electron chi connectivity index (χ2n) is 5.36. The number of carbonyl (C=O) groups excluding carboxylic acids is 1. The first-order valence-electron chi connectivity index (χ1n) is 7.51. The Hall–Kier alpha value is -3.22. The molecule has 4 N–H and O–H groups in total. The van der Waals surface area contributed by atoms with Gasteiger partial charge in [-0.05, 0) is 24.1 Å². The van der Waals surface area contributed by atoms with Crippen LogP contribution in [0.4, 0.5) is 0 Å². The van der Waals surface area contributed by atoms with Gasteiger partial charge in [0.05, 0.1) is 18.4 Å². The van der Waals surface area contributed by atoms with E-state index in [9.17, 15) is 14.7 Å². The summed E-state index contributed by atoms with van der Waals surface area (Å²) in [6.07, 6.45) is 2.23. The molecule has 0 spiro atoms. The van der Waals surface area contributed by atoms with Crippen LogP contribution in [0.2, 0.25) is 0 Å².